The van der Waals surface area contributed by atoms with Crippen LogP contribution in [0.25, 0.3) is 6.08 Å². The van der Waals surface area contributed by atoms with Crippen molar-refractivity contribution in [3.63, 3.8) is 0 Å². The van der Waals surface area contributed by atoms with E-state index in [2.05, 4.69) is 0 Å². The van der Waals surface area contributed by atoms with Crippen LogP contribution in [0.5, 0.6) is 0 Å². The summed E-state index contributed by atoms with van der Waals surface area (Å²) in [5.41, 5.74) is 1.88. The molecule has 0 heterocycles. The molecular formula is C13H16O3. The highest BCUT2D eigenvalue weighted by atomic mass is 16.5. The van der Waals surface area contributed by atoms with Crippen molar-refractivity contribution >= 4 is 12.0 Å². The zero-order chi connectivity index (χ0) is 11.8. The van der Waals surface area contributed by atoms with Crippen molar-refractivity contribution in [2.24, 2.45) is 0 Å². The molecule has 0 spiro atoms. The van der Waals surface area contributed by atoms with Crippen molar-refractivity contribution in [3.8, 4) is 0 Å². The fraction of sp³-hybridized carbons (Fsp3) is 0.308. The number of hydrogen-bond acceptors (Lipinski definition) is 3. The molecule has 0 aromatic heterocycles. The second-order valence-corrected chi connectivity index (χ2v) is 3.31. The largest absolute Gasteiger partial charge is 0.466 e. The third-order valence-corrected chi connectivity index (χ3v) is 2.06. The Kier molecular flexibility index (Phi) is 5.29. The monoisotopic (exact) mass is 220 g/mol. The molecule has 1 aromatic rings. The highest BCUT2D eigenvalue weighted by molar-refractivity contribution is 5.72. The first kappa shape index (κ1) is 12.5. The van der Waals surface area contributed by atoms with E-state index in [0.29, 0.717) is 6.61 Å². The minimum atomic E-state index is -0.217. The van der Waals surface area contributed by atoms with Gasteiger partial charge in [0.05, 0.1) is 19.6 Å². The predicted molar refractivity (Wildman–Crippen MR) is 62.6 cm³/mol. The Morgan fingerprint density at radius 3 is 2.62 bits per heavy atom. The van der Waals surface area contributed by atoms with Gasteiger partial charge in [0.25, 0.3) is 0 Å². The number of carbonyl (C=O) groups is 1. The van der Waals surface area contributed by atoms with Crippen LogP contribution in [0.2, 0.25) is 0 Å². The zero-order valence-electron chi connectivity index (χ0n) is 9.35. The molecule has 0 bridgehead atoms. The number of aliphatic hydroxyl groups is 1. The Morgan fingerprint density at radius 1 is 1.38 bits per heavy atom. The van der Waals surface area contributed by atoms with Gasteiger partial charge < -0.3 is 9.84 Å². The van der Waals surface area contributed by atoms with Crippen LogP contribution in [-0.4, -0.2) is 17.7 Å². The van der Waals surface area contributed by atoms with Gasteiger partial charge in [0.15, 0.2) is 0 Å². The molecule has 1 rings (SSSR count). The van der Waals surface area contributed by atoms with Crippen LogP contribution >= 0.6 is 0 Å². The van der Waals surface area contributed by atoms with Crippen molar-refractivity contribution < 1.29 is 14.6 Å². The third kappa shape index (κ3) is 4.28. The highest BCUT2D eigenvalue weighted by Gasteiger charge is 1.96. The van der Waals surface area contributed by atoms with Crippen molar-refractivity contribution in [2.45, 2.75) is 20.0 Å². The molecular weight excluding hydrogens is 204 g/mol. The van der Waals surface area contributed by atoms with Gasteiger partial charge in [0.1, 0.15) is 0 Å². The van der Waals surface area contributed by atoms with E-state index in [9.17, 15) is 4.79 Å². The molecule has 0 aliphatic heterocycles. The predicted octanol–water partition coefficient (Wildman–Crippen LogP) is 2.15. The van der Waals surface area contributed by atoms with Crippen LogP contribution in [0.4, 0.5) is 0 Å². The lowest BCUT2D eigenvalue weighted by Gasteiger charge is -1.98. The molecule has 0 saturated carbocycles. The van der Waals surface area contributed by atoms with E-state index in [-0.39, 0.29) is 19.0 Å². The first-order chi connectivity index (χ1) is 7.76. The van der Waals surface area contributed by atoms with E-state index in [1.165, 1.54) is 0 Å². The number of benzene rings is 1. The molecule has 3 nitrogen and oxygen atoms in total. The fourth-order valence-corrected chi connectivity index (χ4v) is 1.25. The Morgan fingerprint density at radius 2 is 2.06 bits per heavy atom. The van der Waals surface area contributed by atoms with Crippen molar-refractivity contribution in [3.05, 3.63) is 41.5 Å². The molecule has 3 heteroatoms. The molecule has 1 N–H and O–H groups in total. The van der Waals surface area contributed by atoms with Gasteiger partial charge >= 0.3 is 5.97 Å². The van der Waals surface area contributed by atoms with Gasteiger partial charge in [0, 0.05) is 0 Å². The average Bonchev–Trinajstić information content (AvgIpc) is 2.30. The van der Waals surface area contributed by atoms with Crippen LogP contribution < -0.4 is 0 Å². The van der Waals surface area contributed by atoms with Gasteiger partial charge in [-0.25, -0.2) is 0 Å². The Bertz CT molecular complexity index is 352. The topological polar surface area (TPSA) is 46.5 Å². The number of esters is 1. The van der Waals surface area contributed by atoms with E-state index in [1.807, 2.05) is 30.3 Å². The van der Waals surface area contributed by atoms with E-state index in [0.717, 1.165) is 11.1 Å². The summed E-state index contributed by atoms with van der Waals surface area (Å²) < 4.78 is 4.79. The van der Waals surface area contributed by atoms with Gasteiger partial charge in [0.2, 0.25) is 0 Å². The summed E-state index contributed by atoms with van der Waals surface area (Å²) in [6.07, 6.45) is 3.92. The molecule has 0 unspecified atom stereocenters. The maximum Gasteiger partial charge on any atom is 0.309 e. The quantitative estimate of drug-likeness (QED) is 0.773. The van der Waals surface area contributed by atoms with Gasteiger partial charge in [-0.3, -0.25) is 4.79 Å². The molecule has 16 heavy (non-hydrogen) atoms. The van der Waals surface area contributed by atoms with Crippen LogP contribution in [-0.2, 0) is 16.1 Å². The smallest absolute Gasteiger partial charge is 0.309 e. The Hall–Kier alpha value is -1.61. The average molecular weight is 220 g/mol. The number of hydrogen-bond donors (Lipinski definition) is 1. The van der Waals surface area contributed by atoms with E-state index in [4.69, 9.17) is 9.84 Å². The number of rotatable bonds is 5. The number of carbonyl (C=O) groups excluding carboxylic acids is 1. The molecule has 0 aliphatic rings. The number of ether oxygens (including phenoxy) is 1. The Balaban J connectivity index is 2.46. The molecule has 0 atom stereocenters. The molecule has 0 amide bonds. The molecule has 0 saturated heterocycles. The summed E-state index contributed by atoms with van der Waals surface area (Å²) in [4.78, 5) is 11.0. The van der Waals surface area contributed by atoms with E-state index in [1.54, 1.807) is 13.0 Å². The van der Waals surface area contributed by atoms with Crippen molar-refractivity contribution in [1.29, 1.82) is 0 Å². The maximum atomic E-state index is 11.0. The summed E-state index contributed by atoms with van der Waals surface area (Å²) in [6.45, 7) is 2.25. The lowest BCUT2D eigenvalue weighted by molar-refractivity contribution is -0.142. The zero-order valence-corrected chi connectivity index (χ0v) is 9.35. The summed E-state index contributed by atoms with van der Waals surface area (Å²) in [6, 6.07) is 7.49. The second kappa shape index (κ2) is 6.80. The summed E-state index contributed by atoms with van der Waals surface area (Å²) >= 11 is 0. The van der Waals surface area contributed by atoms with Crippen molar-refractivity contribution in [2.75, 3.05) is 6.61 Å². The summed E-state index contributed by atoms with van der Waals surface area (Å²) in [5.74, 6) is -0.217. The fourth-order valence-electron chi connectivity index (χ4n) is 1.25. The SMILES string of the molecule is CCOC(=O)C/C=C/c1ccc(CO)cc1. The lowest BCUT2D eigenvalue weighted by atomic mass is 10.1. The van der Waals surface area contributed by atoms with Gasteiger partial charge in [-0.2, -0.15) is 0 Å². The molecule has 86 valence electrons. The van der Waals surface area contributed by atoms with Gasteiger partial charge in [-0.1, -0.05) is 36.4 Å². The van der Waals surface area contributed by atoms with Crippen molar-refractivity contribution in [1.82, 2.24) is 0 Å². The first-order valence-corrected chi connectivity index (χ1v) is 5.28. The Labute approximate surface area is 95.4 Å². The standard InChI is InChI=1S/C13H16O3/c1-2-16-13(15)5-3-4-11-6-8-12(10-14)9-7-11/h3-4,6-9,14H,2,5,10H2,1H3/b4-3+. The summed E-state index contributed by atoms with van der Waals surface area (Å²) in [7, 11) is 0. The van der Waals surface area contributed by atoms with Crippen LogP contribution in [0.3, 0.4) is 0 Å². The molecule has 1 aromatic carbocycles. The van der Waals surface area contributed by atoms with E-state index < -0.39 is 0 Å². The number of aliphatic hydroxyl groups excluding tert-OH is 1. The lowest BCUT2D eigenvalue weighted by Crippen LogP contribution is -2.01. The normalized spacial score (nSPS) is 10.6. The highest BCUT2D eigenvalue weighted by Crippen LogP contribution is 2.06. The maximum absolute atomic E-state index is 11.0. The van der Waals surface area contributed by atoms with Crippen LogP contribution in [0.1, 0.15) is 24.5 Å². The van der Waals surface area contributed by atoms with Crippen LogP contribution in [0.15, 0.2) is 30.3 Å². The van der Waals surface area contributed by atoms with E-state index >= 15 is 0 Å². The summed E-state index contributed by atoms with van der Waals surface area (Å²) in [5, 5.41) is 8.86. The third-order valence-electron chi connectivity index (χ3n) is 2.06. The molecule has 0 aliphatic carbocycles. The van der Waals surface area contributed by atoms with Crippen LogP contribution in [0, 0.1) is 0 Å². The van der Waals surface area contributed by atoms with Gasteiger partial charge in [-0.15, -0.1) is 0 Å². The minimum Gasteiger partial charge on any atom is -0.466 e. The first-order valence-electron chi connectivity index (χ1n) is 5.28. The second-order valence-electron chi connectivity index (χ2n) is 3.31. The molecule has 0 radical (unpaired) electrons. The molecule has 0 fully saturated rings. The van der Waals surface area contributed by atoms with Gasteiger partial charge in [-0.05, 0) is 18.1 Å². The minimum absolute atomic E-state index is 0.0484.